The van der Waals surface area contributed by atoms with E-state index in [2.05, 4.69) is 11.9 Å². The summed E-state index contributed by atoms with van der Waals surface area (Å²) in [6.07, 6.45) is 0. The summed E-state index contributed by atoms with van der Waals surface area (Å²) < 4.78 is 6.47. The van der Waals surface area contributed by atoms with Crippen LogP contribution >= 0.6 is 11.9 Å². The van der Waals surface area contributed by atoms with Gasteiger partial charge >= 0.3 is 0 Å². The maximum Gasteiger partial charge on any atom is 0.142 e. The van der Waals surface area contributed by atoms with E-state index in [1.807, 2.05) is 0 Å². The largest absolute Gasteiger partial charge is 0.506 e. The van der Waals surface area contributed by atoms with Gasteiger partial charge in [-0.3, -0.25) is 4.66 Å². The van der Waals surface area contributed by atoms with Crippen molar-refractivity contribution in [2.45, 2.75) is 0 Å². The molecule has 1 aromatic carbocycles. The van der Waals surface area contributed by atoms with Gasteiger partial charge in [0.15, 0.2) is 0 Å². The van der Waals surface area contributed by atoms with E-state index < -0.39 is 0 Å². The molecule has 1 rings (SSSR count). The molecule has 0 amide bonds. The minimum absolute atomic E-state index is 0.160. The van der Waals surface area contributed by atoms with Crippen molar-refractivity contribution in [3.63, 3.8) is 0 Å². The molecule has 0 fully saturated rings. The number of benzene rings is 1. The molecule has 0 aliphatic carbocycles. The van der Waals surface area contributed by atoms with E-state index in [4.69, 9.17) is 26.3 Å². The van der Waals surface area contributed by atoms with Gasteiger partial charge in [-0.05, 0) is 6.07 Å². The van der Waals surface area contributed by atoms with E-state index in [-0.39, 0.29) is 22.9 Å². The zero-order chi connectivity index (χ0) is 9.72. The first-order chi connectivity index (χ1) is 5.61. The fourth-order valence-electron chi connectivity index (χ4n) is 0.612. The second kappa shape index (κ2) is 4.53. The molecule has 0 bridgehead atoms. The van der Waals surface area contributed by atoms with Crippen LogP contribution in [0.15, 0.2) is 12.1 Å². The summed E-state index contributed by atoms with van der Waals surface area (Å²) in [6.45, 7) is 0. The predicted octanol–water partition coefficient (Wildman–Crippen LogP) is 0.395. The first-order valence-electron chi connectivity index (χ1n) is 2.85. The lowest BCUT2D eigenvalue weighted by Gasteiger charge is -2.01. The minimum atomic E-state index is -0.160. The van der Waals surface area contributed by atoms with Crippen LogP contribution < -0.4 is 11.5 Å². The Kier molecular flexibility index (Phi) is 4.03. The Morgan fingerprint density at radius 3 is 1.50 bits per heavy atom. The van der Waals surface area contributed by atoms with Crippen molar-refractivity contribution < 1.29 is 14.9 Å². The predicted molar refractivity (Wildman–Crippen MR) is 46.7 cm³/mol. The molecular weight excluding hydrogens is 184 g/mol. The fourth-order valence-corrected chi connectivity index (χ4v) is 0.612. The normalized spacial score (nSPS) is 8.50. The molecule has 68 valence electrons. The summed E-state index contributed by atoms with van der Waals surface area (Å²) in [7, 11) is 0. The molecule has 0 aromatic heterocycles. The SMILES string of the molecule is Nc1cc(N)c(O)cc1O.OCl. The lowest BCUT2D eigenvalue weighted by molar-refractivity contribution is 0.454. The molecule has 0 saturated heterocycles. The molecule has 1 aromatic rings. The van der Waals surface area contributed by atoms with Gasteiger partial charge in [-0.15, -0.1) is 0 Å². The third kappa shape index (κ3) is 2.37. The maximum atomic E-state index is 8.88. The highest BCUT2D eigenvalue weighted by molar-refractivity contribution is 6.04. The van der Waals surface area contributed by atoms with Crippen molar-refractivity contribution >= 4 is 23.2 Å². The number of hydrogen-bond donors (Lipinski definition) is 5. The first-order valence-corrected chi connectivity index (χ1v) is 3.19. The number of halogens is 1. The topological polar surface area (TPSA) is 113 Å². The van der Waals surface area contributed by atoms with Crippen molar-refractivity contribution in [2.24, 2.45) is 0 Å². The molecule has 0 spiro atoms. The lowest BCUT2D eigenvalue weighted by atomic mass is 10.2. The highest BCUT2D eigenvalue weighted by Crippen LogP contribution is 2.30. The van der Waals surface area contributed by atoms with E-state index in [1.54, 1.807) is 0 Å². The zero-order valence-electron chi connectivity index (χ0n) is 6.03. The summed E-state index contributed by atoms with van der Waals surface area (Å²) in [5.41, 5.74) is 10.8. The minimum Gasteiger partial charge on any atom is -0.506 e. The molecule has 0 aliphatic rings. The Balaban J connectivity index is 0.000000561. The number of phenolic OH excluding ortho intramolecular Hbond substituents is 2. The number of hydrogen-bond acceptors (Lipinski definition) is 5. The number of nitrogens with two attached hydrogens (primary N) is 2. The molecule has 0 unspecified atom stereocenters. The van der Waals surface area contributed by atoms with Crippen LogP contribution in [0.4, 0.5) is 11.4 Å². The molecule has 0 aliphatic heterocycles. The van der Waals surface area contributed by atoms with Crippen LogP contribution in [0.1, 0.15) is 0 Å². The third-order valence-electron chi connectivity index (χ3n) is 1.18. The summed E-state index contributed by atoms with van der Waals surface area (Å²) >= 11 is 3.64. The van der Waals surface area contributed by atoms with E-state index in [0.29, 0.717) is 0 Å². The van der Waals surface area contributed by atoms with Crippen LogP contribution in [-0.2, 0) is 0 Å². The van der Waals surface area contributed by atoms with Gasteiger partial charge in [0.1, 0.15) is 11.5 Å². The molecule has 6 heteroatoms. The molecular formula is C6H9ClN2O3. The fraction of sp³-hybridized carbons (Fsp3) is 0. The average molecular weight is 193 g/mol. The van der Waals surface area contributed by atoms with E-state index >= 15 is 0 Å². The van der Waals surface area contributed by atoms with Gasteiger partial charge in [-0.2, -0.15) is 0 Å². The van der Waals surface area contributed by atoms with Crippen molar-refractivity contribution in [3.05, 3.63) is 12.1 Å². The number of aromatic hydroxyl groups is 2. The van der Waals surface area contributed by atoms with Gasteiger partial charge in [0.05, 0.1) is 23.2 Å². The maximum absolute atomic E-state index is 8.88. The van der Waals surface area contributed by atoms with E-state index in [9.17, 15) is 0 Å². The first kappa shape index (κ1) is 10.7. The summed E-state index contributed by atoms with van der Waals surface area (Å²) in [5.74, 6) is -0.321. The Hall–Kier alpha value is -1.33. The third-order valence-corrected chi connectivity index (χ3v) is 1.18. The zero-order valence-corrected chi connectivity index (χ0v) is 6.78. The quantitative estimate of drug-likeness (QED) is 0.232. The van der Waals surface area contributed by atoms with Crippen LogP contribution in [0.5, 0.6) is 11.5 Å². The molecule has 0 heterocycles. The van der Waals surface area contributed by atoms with Gasteiger partial charge in [0, 0.05) is 6.07 Å². The van der Waals surface area contributed by atoms with Crippen molar-refractivity contribution in [2.75, 3.05) is 11.5 Å². The molecule has 5 nitrogen and oxygen atoms in total. The van der Waals surface area contributed by atoms with Crippen LogP contribution in [0.25, 0.3) is 0 Å². The average Bonchev–Trinajstić information content (AvgIpc) is 2.05. The Bertz CT molecular complexity index is 217. The van der Waals surface area contributed by atoms with E-state index in [0.717, 1.165) is 6.07 Å². The summed E-state index contributed by atoms with van der Waals surface area (Å²) in [5, 5.41) is 17.8. The van der Waals surface area contributed by atoms with Gasteiger partial charge in [-0.25, -0.2) is 0 Å². The highest BCUT2D eigenvalue weighted by atomic mass is 35.5. The van der Waals surface area contributed by atoms with E-state index in [1.165, 1.54) is 6.07 Å². The lowest BCUT2D eigenvalue weighted by Crippen LogP contribution is -1.90. The molecule has 0 radical (unpaired) electrons. The van der Waals surface area contributed by atoms with Gasteiger partial charge < -0.3 is 21.7 Å². The number of anilines is 2. The molecule has 12 heavy (non-hydrogen) atoms. The molecule has 7 N–H and O–H groups in total. The van der Waals surface area contributed by atoms with Gasteiger partial charge in [0.2, 0.25) is 0 Å². The molecule has 0 saturated carbocycles. The van der Waals surface area contributed by atoms with Crippen LogP contribution in [0, 0.1) is 0 Å². The number of phenols is 2. The Morgan fingerprint density at radius 2 is 1.25 bits per heavy atom. The Labute approximate surface area is 74.0 Å². The van der Waals surface area contributed by atoms with Crippen LogP contribution in [0.2, 0.25) is 0 Å². The van der Waals surface area contributed by atoms with Crippen molar-refractivity contribution in [3.8, 4) is 11.5 Å². The Morgan fingerprint density at radius 1 is 0.917 bits per heavy atom. The monoisotopic (exact) mass is 192 g/mol. The number of nitrogen functional groups attached to an aromatic ring is 2. The summed E-state index contributed by atoms with van der Waals surface area (Å²) in [6, 6.07) is 2.40. The van der Waals surface area contributed by atoms with Gasteiger partial charge in [0.25, 0.3) is 0 Å². The van der Waals surface area contributed by atoms with Gasteiger partial charge in [-0.1, -0.05) is 0 Å². The second-order valence-electron chi connectivity index (χ2n) is 1.97. The van der Waals surface area contributed by atoms with Crippen molar-refractivity contribution in [1.29, 1.82) is 0 Å². The number of rotatable bonds is 0. The smallest absolute Gasteiger partial charge is 0.142 e. The summed E-state index contributed by atoms with van der Waals surface area (Å²) in [4.78, 5) is 0. The molecule has 0 atom stereocenters. The standard InChI is InChI=1S/C6H8N2O2.ClHO/c7-3-1-4(8)6(10)2-5(3)9;1-2/h1-2,9-10H,7-8H2;2H. The van der Waals surface area contributed by atoms with Crippen LogP contribution in [0.3, 0.4) is 0 Å². The second-order valence-corrected chi connectivity index (χ2v) is 1.97. The van der Waals surface area contributed by atoms with Crippen molar-refractivity contribution in [1.82, 2.24) is 0 Å². The van der Waals surface area contributed by atoms with Crippen LogP contribution in [-0.4, -0.2) is 14.9 Å². The highest BCUT2D eigenvalue weighted by Gasteiger charge is 2.01.